The predicted molar refractivity (Wildman–Crippen MR) is 35.6 cm³/mol. The first-order valence-corrected chi connectivity index (χ1v) is 3.76. The average molecular weight is 141 g/mol. The van der Waals surface area contributed by atoms with Gasteiger partial charge in [0.15, 0.2) is 5.78 Å². The van der Waals surface area contributed by atoms with Gasteiger partial charge in [-0.2, -0.15) is 0 Å². The lowest BCUT2D eigenvalue weighted by atomic mass is 10.1. The lowest BCUT2D eigenvalue weighted by Crippen LogP contribution is -2.26. The quantitative estimate of drug-likeness (QED) is 0.444. The number of nitrogens with one attached hydrogen (secondary N) is 1. The van der Waals surface area contributed by atoms with Gasteiger partial charge in [0.05, 0.1) is 6.04 Å². The van der Waals surface area contributed by atoms with Crippen molar-refractivity contribution in [2.75, 3.05) is 0 Å². The van der Waals surface area contributed by atoms with Gasteiger partial charge in [-0.3, -0.25) is 4.79 Å². The number of ketones is 1. The highest BCUT2D eigenvalue weighted by Gasteiger charge is 2.45. The number of aliphatic hydroxyl groups excluding tert-OH is 1. The summed E-state index contributed by atoms with van der Waals surface area (Å²) in [7, 11) is 0. The summed E-state index contributed by atoms with van der Waals surface area (Å²) in [6, 6.07) is 0.524. The molecule has 1 saturated carbocycles. The Bertz CT molecular complexity index is 169. The van der Waals surface area contributed by atoms with E-state index in [9.17, 15) is 9.90 Å². The molecule has 0 aromatic carbocycles. The molecule has 3 atom stereocenters. The fourth-order valence-corrected chi connectivity index (χ4v) is 1.61. The number of fused-ring (bicyclic) bond motifs is 1. The van der Waals surface area contributed by atoms with Gasteiger partial charge in [0, 0.05) is 12.5 Å². The smallest absolute Gasteiger partial charge is 0.162 e. The SMILES string of the molecule is O=C1CCCC2NC2C1O. The summed E-state index contributed by atoms with van der Waals surface area (Å²) in [5.74, 6) is 0.0116. The third-order valence-electron chi connectivity index (χ3n) is 2.34. The van der Waals surface area contributed by atoms with Crippen molar-refractivity contribution in [1.29, 1.82) is 0 Å². The van der Waals surface area contributed by atoms with Crippen molar-refractivity contribution in [2.45, 2.75) is 37.5 Å². The van der Waals surface area contributed by atoms with Crippen LogP contribution in [0, 0.1) is 0 Å². The molecule has 0 radical (unpaired) electrons. The number of carbonyl (C=O) groups excluding carboxylic acids is 1. The third kappa shape index (κ3) is 0.859. The first kappa shape index (κ1) is 6.31. The summed E-state index contributed by atoms with van der Waals surface area (Å²) in [5.41, 5.74) is 0. The Kier molecular flexibility index (Phi) is 1.28. The molecule has 0 spiro atoms. The molecule has 1 saturated heterocycles. The third-order valence-corrected chi connectivity index (χ3v) is 2.34. The van der Waals surface area contributed by atoms with Gasteiger partial charge in [0.1, 0.15) is 6.10 Å². The lowest BCUT2D eigenvalue weighted by molar-refractivity contribution is -0.126. The molecule has 0 bridgehead atoms. The second kappa shape index (κ2) is 2.04. The van der Waals surface area contributed by atoms with E-state index >= 15 is 0 Å². The van der Waals surface area contributed by atoms with Crippen LogP contribution in [0.3, 0.4) is 0 Å². The summed E-state index contributed by atoms with van der Waals surface area (Å²) in [4.78, 5) is 11.0. The van der Waals surface area contributed by atoms with Gasteiger partial charge < -0.3 is 10.4 Å². The minimum absolute atomic E-state index is 0.0116. The summed E-state index contributed by atoms with van der Waals surface area (Å²) < 4.78 is 0. The van der Waals surface area contributed by atoms with Crippen LogP contribution in [0.4, 0.5) is 0 Å². The highest BCUT2D eigenvalue weighted by molar-refractivity contribution is 5.84. The van der Waals surface area contributed by atoms with Crippen molar-refractivity contribution in [2.24, 2.45) is 0 Å². The van der Waals surface area contributed by atoms with Gasteiger partial charge in [-0.1, -0.05) is 0 Å². The Hall–Kier alpha value is -0.410. The molecule has 56 valence electrons. The number of Topliss-reactive ketones (excluding diaryl/α,β-unsaturated/α-hetero) is 1. The van der Waals surface area contributed by atoms with Gasteiger partial charge in [0.25, 0.3) is 0 Å². The number of rotatable bonds is 0. The van der Waals surface area contributed by atoms with Crippen LogP contribution in [0.15, 0.2) is 0 Å². The molecule has 0 aromatic heterocycles. The molecule has 2 aliphatic rings. The van der Waals surface area contributed by atoms with Crippen LogP contribution in [-0.4, -0.2) is 29.1 Å². The molecule has 10 heavy (non-hydrogen) atoms. The van der Waals surface area contributed by atoms with Crippen molar-refractivity contribution in [3.05, 3.63) is 0 Å². The normalized spacial score (nSPS) is 46.1. The van der Waals surface area contributed by atoms with Crippen LogP contribution in [0.2, 0.25) is 0 Å². The van der Waals surface area contributed by atoms with Crippen LogP contribution in [0.25, 0.3) is 0 Å². The minimum atomic E-state index is -0.715. The van der Waals surface area contributed by atoms with Gasteiger partial charge in [-0.05, 0) is 12.8 Å². The standard InChI is InChI=1S/C7H11NO2/c9-5-3-1-2-4-6(8-4)7(5)10/h4,6-8,10H,1-3H2. The molecule has 0 amide bonds. The van der Waals surface area contributed by atoms with Crippen LogP contribution in [0.5, 0.6) is 0 Å². The van der Waals surface area contributed by atoms with Crippen molar-refractivity contribution >= 4 is 5.78 Å². The molecule has 1 aliphatic carbocycles. The fourth-order valence-electron chi connectivity index (χ4n) is 1.61. The maximum absolute atomic E-state index is 11.0. The van der Waals surface area contributed by atoms with E-state index in [4.69, 9.17) is 0 Å². The highest BCUT2D eigenvalue weighted by atomic mass is 16.3. The lowest BCUT2D eigenvalue weighted by Gasteiger charge is -2.02. The van der Waals surface area contributed by atoms with Gasteiger partial charge >= 0.3 is 0 Å². The molecular formula is C7H11NO2. The molecular weight excluding hydrogens is 130 g/mol. The topological polar surface area (TPSA) is 59.2 Å². The number of hydrogen-bond acceptors (Lipinski definition) is 3. The first-order chi connectivity index (χ1) is 4.79. The Morgan fingerprint density at radius 2 is 2.40 bits per heavy atom. The molecule has 3 unspecified atom stereocenters. The van der Waals surface area contributed by atoms with Gasteiger partial charge in [-0.15, -0.1) is 0 Å². The van der Waals surface area contributed by atoms with E-state index in [1.807, 2.05) is 0 Å². The summed E-state index contributed by atoms with van der Waals surface area (Å²) in [6.45, 7) is 0. The summed E-state index contributed by atoms with van der Waals surface area (Å²) in [5, 5.41) is 12.3. The van der Waals surface area contributed by atoms with Crippen molar-refractivity contribution in [3.63, 3.8) is 0 Å². The first-order valence-electron chi connectivity index (χ1n) is 3.76. The molecule has 1 aliphatic heterocycles. The van der Waals surface area contributed by atoms with E-state index < -0.39 is 6.10 Å². The predicted octanol–water partition coefficient (Wildman–Crippen LogP) is -0.559. The molecule has 0 aromatic rings. The second-order valence-electron chi connectivity index (χ2n) is 3.10. The zero-order chi connectivity index (χ0) is 7.14. The number of carbonyl (C=O) groups is 1. The van der Waals surface area contributed by atoms with E-state index in [1.165, 1.54) is 0 Å². The van der Waals surface area contributed by atoms with Crippen LogP contribution in [-0.2, 0) is 4.79 Å². The van der Waals surface area contributed by atoms with Gasteiger partial charge in [0.2, 0.25) is 0 Å². The number of aliphatic hydroxyl groups is 1. The number of hydrogen-bond donors (Lipinski definition) is 2. The average Bonchev–Trinajstić information content (AvgIpc) is 2.64. The molecule has 2 N–H and O–H groups in total. The van der Waals surface area contributed by atoms with Crippen LogP contribution >= 0.6 is 0 Å². The maximum Gasteiger partial charge on any atom is 0.162 e. The van der Waals surface area contributed by atoms with E-state index in [0.29, 0.717) is 12.5 Å². The van der Waals surface area contributed by atoms with E-state index in [2.05, 4.69) is 5.32 Å². The molecule has 2 rings (SSSR count). The molecule has 2 fully saturated rings. The largest absolute Gasteiger partial charge is 0.384 e. The summed E-state index contributed by atoms with van der Waals surface area (Å²) >= 11 is 0. The zero-order valence-electron chi connectivity index (χ0n) is 5.71. The Morgan fingerprint density at radius 1 is 1.60 bits per heavy atom. The highest BCUT2D eigenvalue weighted by Crippen LogP contribution is 2.25. The van der Waals surface area contributed by atoms with E-state index in [1.54, 1.807) is 0 Å². The Morgan fingerprint density at radius 3 is 3.20 bits per heavy atom. The molecule has 3 heteroatoms. The van der Waals surface area contributed by atoms with E-state index in [-0.39, 0.29) is 11.8 Å². The van der Waals surface area contributed by atoms with Crippen LogP contribution in [0.1, 0.15) is 19.3 Å². The van der Waals surface area contributed by atoms with E-state index in [0.717, 1.165) is 12.8 Å². The minimum Gasteiger partial charge on any atom is -0.384 e. The zero-order valence-corrected chi connectivity index (χ0v) is 5.71. The van der Waals surface area contributed by atoms with Gasteiger partial charge in [-0.25, -0.2) is 0 Å². The molecule has 1 heterocycles. The van der Waals surface area contributed by atoms with Crippen molar-refractivity contribution < 1.29 is 9.90 Å². The monoisotopic (exact) mass is 141 g/mol. The Balaban J connectivity index is 2.08. The van der Waals surface area contributed by atoms with Crippen molar-refractivity contribution in [1.82, 2.24) is 5.32 Å². The van der Waals surface area contributed by atoms with Crippen molar-refractivity contribution in [3.8, 4) is 0 Å². The molecule has 3 nitrogen and oxygen atoms in total. The summed E-state index contributed by atoms with van der Waals surface area (Å²) in [6.07, 6.45) is 1.83. The maximum atomic E-state index is 11.0. The second-order valence-corrected chi connectivity index (χ2v) is 3.10. The fraction of sp³-hybridized carbons (Fsp3) is 0.857. The van der Waals surface area contributed by atoms with Crippen LogP contribution < -0.4 is 5.32 Å². The Labute approximate surface area is 59.4 Å².